The van der Waals surface area contributed by atoms with Crippen LogP contribution in [0.5, 0.6) is 0 Å². The van der Waals surface area contributed by atoms with Crippen molar-refractivity contribution < 1.29 is 9.09 Å². The molecule has 0 aromatic carbocycles. The smallest absolute Gasteiger partial charge is 0.273 e. The minimum absolute atomic E-state index is 0.257. The molecule has 1 rings (SSSR count). The minimum Gasteiger partial charge on any atom is -0.301 e. The lowest BCUT2D eigenvalue weighted by Gasteiger charge is -2.31. The number of terminal acetylenes is 1. The monoisotopic (exact) mass is 187 g/mol. The summed E-state index contributed by atoms with van der Waals surface area (Å²) in [5, 5.41) is 0. The van der Waals surface area contributed by atoms with E-state index in [0.29, 0.717) is 6.16 Å². The van der Waals surface area contributed by atoms with Crippen LogP contribution in [0.1, 0.15) is 12.8 Å². The Hall–Kier alpha value is -0.290. The Bertz CT molecular complexity index is 244. The second-order valence-corrected chi connectivity index (χ2v) is 5.84. The number of hydrogen-bond donors (Lipinski definition) is 0. The summed E-state index contributed by atoms with van der Waals surface area (Å²) in [6.07, 6.45) is 7.30. The van der Waals surface area contributed by atoms with Crippen LogP contribution in [0.3, 0.4) is 0 Å². The molecule has 0 radical (unpaired) electrons. The van der Waals surface area contributed by atoms with Gasteiger partial charge in [-0.15, -0.1) is 6.42 Å². The standard InChI is InChI=1S/C8H14NO2P/c1-4-8-6-5-7-12(10,11-8)9(2)3/h1,8H,5-7H2,2-3H3. The van der Waals surface area contributed by atoms with Crippen molar-refractivity contribution in [1.29, 1.82) is 0 Å². The predicted octanol–water partition coefficient (Wildman–Crippen LogP) is 1.55. The van der Waals surface area contributed by atoms with Crippen molar-refractivity contribution in [1.82, 2.24) is 4.67 Å². The van der Waals surface area contributed by atoms with Crippen molar-refractivity contribution >= 4 is 7.52 Å². The molecule has 1 heterocycles. The Balaban J connectivity index is 2.69. The van der Waals surface area contributed by atoms with Crippen LogP contribution in [0.2, 0.25) is 0 Å². The molecule has 2 atom stereocenters. The van der Waals surface area contributed by atoms with E-state index in [4.69, 9.17) is 10.9 Å². The van der Waals surface area contributed by atoms with Gasteiger partial charge in [-0.1, -0.05) is 5.92 Å². The first kappa shape index (κ1) is 9.80. The van der Waals surface area contributed by atoms with Crippen molar-refractivity contribution in [2.24, 2.45) is 0 Å². The van der Waals surface area contributed by atoms with Crippen LogP contribution < -0.4 is 0 Å². The quantitative estimate of drug-likeness (QED) is 0.460. The van der Waals surface area contributed by atoms with Gasteiger partial charge in [0.1, 0.15) is 6.10 Å². The summed E-state index contributed by atoms with van der Waals surface area (Å²) < 4.78 is 18.9. The van der Waals surface area contributed by atoms with E-state index >= 15 is 0 Å². The molecule has 1 aliphatic rings. The van der Waals surface area contributed by atoms with E-state index in [2.05, 4.69) is 5.92 Å². The molecule has 68 valence electrons. The van der Waals surface area contributed by atoms with Gasteiger partial charge in [-0.25, -0.2) is 4.67 Å². The first-order valence-electron chi connectivity index (χ1n) is 4.00. The molecule has 0 spiro atoms. The normalized spacial score (nSPS) is 36.3. The van der Waals surface area contributed by atoms with Crippen LogP contribution in [-0.2, 0) is 9.09 Å². The van der Waals surface area contributed by atoms with E-state index in [1.165, 1.54) is 0 Å². The van der Waals surface area contributed by atoms with Gasteiger partial charge in [-0.3, -0.25) is 4.57 Å². The van der Waals surface area contributed by atoms with E-state index in [1.807, 2.05) is 0 Å². The molecule has 1 fully saturated rings. The highest BCUT2D eigenvalue weighted by atomic mass is 31.2. The van der Waals surface area contributed by atoms with E-state index in [0.717, 1.165) is 12.8 Å². The van der Waals surface area contributed by atoms with Crippen molar-refractivity contribution in [3.05, 3.63) is 0 Å². The Kier molecular flexibility index (Phi) is 2.95. The summed E-state index contributed by atoms with van der Waals surface area (Å²) in [5.74, 6) is 2.49. The maximum Gasteiger partial charge on any atom is 0.273 e. The summed E-state index contributed by atoms with van der Waals surface area (Å²) in [6, 6.07) is 0. The summed E-state index contributed by atoms with van der Waals surface area (Å²) >= 11 is 0. The maximum atomic E-state index is 11.9. The van der Waals surface area contributed by atoms with Gasteiger partial charge < -0.3 is 4.52 Å². The lowest BCUT2D eigenvalue weighted by atomic mass is 10.2. The van der Waals surface area contributed by atoms with E-state index < -0.39 is 7.52 Å². The van der Waals surface area contributed by atoms with E-state index in [-0.39, 0.29) is 6.10 Å². The van der Waals surface area contributed by atoms with Crippen LogP contribution in [-0.4, -0.2) is 31.0 Å². The topological polar surface area (TPSA) is 29.5 Å². The maximum absolute atomic E-state index is 11.9. The van der Waals surface area contributed by atoms with Gasteiger partial charge in [0, 0.05) is 6.16 Å². The summed E-state index contributed by atoms with van der Waals surface area (Å²) in [4.78, 5) is 0. The van der Waals surface area contributed by atoms with Crippen LogP contribution in [0.25, 0.3) is 0 Å². The molecule has 12 heavy (non-hydrogen) atoms. The molecule has 0 bridgehead atoms. The van der Waals surface area contributed by atoms with Crippen LogP contribution in [0.15, 0.2) is 0 Å². The highest BCUT2D eigenvalue weighted by molar-refractivity contribution is 7.56. The minimum atomic E-state index is -2.57. The van der Waals surface area contributed by atoms with Gasteiger partial charge in [0.25, 0.3) is 7.52 Å². The van der Waals surface area contributed by atoms with Crippen molar-refractivity contribution in [3.8, 4) is 12.3 Å². The zero-order valence-electron chi connectivity index (χ0n) is 7.49. The third kappa shape index (κ3) is 1.90. The molecule has 0 aliphatic carbocycles. The molecule has 1 aliphatic heterocycles. The van der Waals surface area contributed by atoms with Gasteiger partial charge in [-0.05, 0) is 26.9 Å². The third-order valence-corrected chi connectivity index (χ3v) is 4.68. The van der Waals surface area contributed by atoms with Crippen molar-refractivity contribution in [2.45, 2.75) is 18.9 Å². The first-order valence-corrected chi connectivity index (χ1v) is 5.76. The Morgan fingerprint density at radius 3 is 2.83 bits per heavy atom. The second kappa shape index (κ2) is 3.62. The molecule has 4 heteroatoms. The highest BCUT2D eigenvalue weighted by Crippen LogP contribution is 2.53. The number of hydrogen-bond acceptors (Lipinski definition) is 2. The number of nitrogens with zero attached hydrogens (tertiary/aromatic N) is 1. The Morgan fingerprint density at radius 1 is 1.67 bits per heavy atom. The fraction of sp³-hybridized carbons (Fsp3) is 0.750. The summed E-state index contributed by atoms with van der Waals surface area (Å²) in [6.45, 7) is 0. The molecule has 0 N–H and O–H groups in total. The molecule has 0 aromatic rings. The van der Waals surface area contributed by atoms with Crippen LogP contribution >= 0.6 is 7.52 Å². The molecule has 3 nitrogen and oxygen atoms in total. The summed E-state index contributed by atoms with van der Waals surface area (Å²) in [5.41, 5.74) is 0. The van der Waals surface area contributed by atoms with Crippen molar-refractivity contribution in [2.75, 3.05) is 20.3 Å². The molecule has 0 amide bonds. The zero-order chi connectivity index (χ0) is 9.19. The molecule has 0 aromatic heterocycles. The van der Waals surface area contributed by atoms with Crippen LogP contribution in [0.4, 0.5) is 0 Å². The fourth-order valence-corrected chi connectivity index (χ4v) is 3.03. The summed E-state index contributed by atoms with van der Waals surface area (Å²) in [7, 11) is 0.960. The van der Waals surface area contributed by atoms with Gasteiger partial charge >= 0.3 is 0 Å². The SMILES string of the molecule is C#CC1CCCP(=O)(N(C)C)O1. The number of rotatable bonds is 1. The van der Waals surface area contributed by atoms with Gasteiger partial charge in [-0.2, -0.15) is 0 Å². The first-order chi connectivity index (χ1) is 5.58. The largest absolute Gasteiger partial charge is 0.301 e. The predicted molar refractivity (Wildman–Crippen MR) is 49.1 cm³/mol. The third-order valence-electron chi connectivity index (χ3n) is 1.99. The molecule has 1 saturated heterocycles. The average Bonchev–Trinajstić information content (AvgIpc) is 2.04. The van der Waals surface area contributed by atoms with Gasteiger partial charge in [0.15, 0.2) is 0 Å². The van der Waals surface area contributed by atoms with E-state index in [9.17, 15) is 4.57 Å². The van der Waals surface area contributed by atoms with Crippen molar-refractivity contribution in [3.63, 3.8) is 0 Å². The van der Waals surface area contributed by atoms with Gasteiger partial charge in [0.2, 0.25) is 0 Å². The highest BCUT2D eigenvalue weighted by Gasteiger charge is 2.33. The average molecular weight is 187 g/mol. The Morgan fingerprint density at radius 2 is 2.33 bits per heavy atom. The molecule has 0 saturated carbocycles. The lowest BCUT2D eigenvalue weighted by Crippen LogP contribution is -2.23. The molecular weight excluding hydrogens is 173 g/mol. The molecule has 2 unspecified atom stereocenters. The fourth-order valence-electron chi connectivity index (χ4n) is 1.19. The van der Waals surface area contributed by atoms with E-state index in [1.54, 1.807) is 18.8 Å². The van der Waals surface area contributed by atoms with Gasteiger partial charge in [0.05, 0.1) is 0 Å². The molecular formula is C8H14NO2P. The lowest BCUT2D eigenvalue weighted by molar-refractivity contribution is 0.206. The second-order valence-electron chi connectivity index (χ2n) is 3.11. The van der Waals surface area contributed by atoms with Crippen LogP contribution in [0, 0.1) is 12.3 Å². The Labute approximate surface area is 73.6 Å². The zero-order valence-corrected chi connectivity index (χ0v) is 8.38.